The van der Waals surface area contributed by atoms with Crippen LogP contribution in [-0.4, -0.2) is 315 Å². The second-order valence-electron chi connectivity index (χ2n) is 20.0. The van der Waals surface area contributed by atoms with Crippen molar-refractivity contribution in [3.05, 3.63) is 0 Å². The summed E-state index contributed by atoms with van der Waals surface area (Å²) in [4.78, 5) is 66.2. The van der Waals surface area contributed by atoms with E-state index < -0.39 is 227 Å². The molecular formula is C44H71N5O28S2. The number of ether oxygens (including phenoxy) is 9. The first kappa shape index (κ1) is 63.9. The zero-order valence-electron chi connectivity index (χ0n) is 42.3. The lowest BCUT2D eigenvalue weighted by atomic mass is 9.93. The maximum atomic E-state index is 13.7. The summed E-state index contributed by atoms with van der Waals surface area (Å²) in [5, 5.41) is 157. The molecule has 7 saturated heterocycles. The SMILES string of the molecule is CC(=O)NC1C(O)[C@H](O[C@@H]2OC(CO[C@H]3OC(CO)[C@@H](O)[C@H](O)C3O)[C@@H](O)[C@H](O[C@H]3O[C@@H](CO)[C@@H](O)C(O)C3O)C2O)[C@H](CO)O[C@H]1O[C@@H]1C(CO)O[C@@H](NC(=O)CC2SSC(C(N)=O)C(=O)[C@@H]3CCCN23)C(NC(C)=O)[C@H]1O. The van der Waals surface area contributed by atoms with Crippen LogP contribution in [0, 0.1) is 0 Å². The molecule has 79 heavy (non-hydrogen) atoms. The number of nitrogens with one attached hydrogen (secondary N) is 3. The van der Waals surface area contributed by atoms with E-state index in [1.54, 1.807) is 4.90 Å². The van der Waals surface area contributed by atoms with Crippen molar-refractivity contribution < 1.29 is 138 Å². The lowest BCUT2D eigenvalue weighted by Crippen LogP contribution is -2.71. The number of carbonyl (C=O) groups excluding carboxylic acids is 5. The normalized spacial score (nSPS) is 45.9. The van der Waals surface area contributed by atoms with E-state index in [2.05, 4.69) is 16.0 Å². The molecule has 0 radical (unpaired) electrons. The average molecular weight is 1180 g/mol. The summed E-state index contributed by atoms with van der Waals surface area (Å²) in [6.45, 7) is -2.09. The molecule has 7 heterocycles. The number of rotatable bonds is 19. The van der Waals surface area contributed by atoms with E-state index >= 15 is 0 Å². The number of amides is 4. The fraction of sp³-hybridized carbons (Fsp3) is 0.886. The Morgan fingerprint density at radius 3 is 1.65 bits per heavy atom. The van der Waals surface area contributed by atoms with Gasteiger partial charge in [0.15, 0.2) is 42.4 Å². The van der Waals surface area contributed by atoms with E-state index in [-0.39, 0.29) is 12.2 Å². The first-order valence-electron chi connectivity index (χ1n) is 25.3. The standard InChI is InChI=1S/C44H71N5O28S2/c1-12(54)46-22-28(61)35(17(9-52)70-40(22)48-20(56)6-21-49-5-3-4-14(49)24(57)38(39(45)68)79-78-21)75-41-23(47-13(2)55)29(62)36(18(10-53)73-41)76-44-34(67)37(77-43-33(66)31(64)26(59)16(8-51)72-43)27(60)19(74-44)11-69-42-32(65)30(63)25(58)15(7-50)71-42/h14-19,21-23,25-38,40-44,50-53,58-67H,3-11H2,1-2H3,(H2,45,68)(H,46,54)(H,47,55)(H,48,56)/t14-,15?,16-,17?,18-,19?,21?,22?,23?,25+,26+,27+,28+,29?,30-,31?,32?,33?,34?,35+,36+,37-,38?,40+,41-,42-,43+,44-/m0/s1. The minimum atomic E-state index is -2.23. The Morgan fingerprint density at radius 2 is 1.06 bits per heavy atom. The molecule has 0 aliphatic carbocycles. The molecule has 0 bridgehead atoms. The van der Waals surface area contributed by atoms with Gasteiger partial charge in [0, 0.05) is 20.4 Å². The molecule has 7 aliphatic heterocycles. The molecule has 4 amide bonds. The molecule has 0 saturated carbocycles. The maximum absolute atomic E-state index is 13.7. The number of nitrogens with zero attached hydrogens (tertiary/aromatic N) is 1. The summed E-state index contributed by atoms with van der Waals surface area (Å²) < 4.78 is 52.3. The lowest BCUT2D eigenvalue weighted by Gasteiger charge is -2.50. The van der Waals surface area contributed by atoms with Gasteiger partial charge in [-0.3, -0.25) is 28.9 Å². The molecule has 0 aromatic heterocycles. The first-order chi connectivity index (χ1) is 37.4. The summed E-state index contributed by atoms with van der Waals surface area (Å²) in [7, 11) is 2.03. The summed E-state index contributed by atoms with van der Waals surface area (Å²) >= 11 is 0. The first-order valence-corrected chi connectivity index (χ1v) is 27.6. The molecule has 35 heteroatoms. The number of hydrogen-bond donors (Lipinski definition) is 18. The van der Waals surface area contributed by atoms with Gasteiger partial charge < -0.3 is 136 Å². The van der Waals surface area contributed by atoms with Crippen LogP contribution in [-0.2, 0) is 66.6 Å². The van der Waals surface area contributed by atoms with Crippen LogP contribution in [0.15, 0.2) is 0 Å². The zero-order chi connectivity index (χ0) is 57.9. The summed E-state index contributed by atoms with van der Waals surface area (Å²) in [6.07, 6.45) is -42.4. The van der Waals surface area contributed by atoms with Crippen molar-refractivity contribution in [2.75, 3.05) is 39.6 Å². The van der Waals surface area contributed by atoms with Crippen molar-refractivity contribution in [2.45, 2.75) is 203 Å². The lowest BCUT2D eigenvalue weighted by molar-refractivity contribution is -0.383. The van der Waals surface area contributed by atoms with Crippen LogP contribution in [0.5, 0.6) is 0 Å². The Bertz CT molecular complexity index is 2080. The number of aliphatic hydroxyl groups excluding tert-OH is 14. The van der Waals surface area contributed by atoms with E-state index in [0.29, 0.717) is 19.4 Å². The quantitative estimate of drug-likeness (QED) is 0.0422. The van der Waals surface area contributed by atoms with Crippen LogP contribution in [0.2, 0.25) is 0 Å². The fourth-order valence-electron chi connectivity index (χ4n) is 10.4. The van der Waals surface area contributed by atoms with E-state index in [0.717, 1.165) is 35.4 Å². The van der Waals surface area contributed by atoms with Crippen LogP contribution in [0.3, 0.4) is 0 Å². The number of hydrogen-bond acceptors (Lipinski definition) is 31. The third-order valence-corrected chi connectivity index (χ3v) is 17.6. The zero-order valence-corrected chi connectivity index (χ0v) is 44.0. The third-order valence-electron chi connectivity index (χ3n) is 14.6. The van der Waals surface area contributed by atoms with Crippen molar-refractivity contribution in [3.8, 4) is 0 Å². The predicted octanol–water partition coefficient (Wildman–Crippen LogP) is -11.5. The van der Waals surface area contributed by atoms with Gasteiger partial charge in [-0.2, -0.15) is 0 Å². The predicted molar refractivity (Wildman–Crippen MR) is 257 cm³/mol. The van der Waals surface area contributed by atoms with E-state index in [1.165, 1.54) is 0 Å². The third kappa shape index (κ3) is 14.1. The van der Waals surface area contributed by atoms with Gasteiger partial charge in [-0.1, -0.05) is 21.6 Å². The van der Waals surface area contributed by atoms with Gasteiger partial charge in [-0.05, 0) is 12.8 Å². The Balaban J connectivity index is 1.09. The van der Waals surface area contributed by atoms with Gasteiger partial charge in [-0.15, -0.1) is 0 Å². The van der Waals surface area contributed by atoms with Gasteiger partial charge in [0.25, 0.3) is 0 Å². The van der Waals surface area contributed by atoms with Crippen LogP contribution in [0.25, 0.3) is 0 Å². The smallest absolute Gasteiger partial charge is 0.239 e. The topological polar surface area (TPSA) is 517 Å². The number of Topliss-reactive ketones (excluding diaryl/α,β-unsaturated/α-hetero) is 1. The van der Waals surface area contributed by atoms with Gasteiger partial charge in [-0.25, -0.2) is 0 Å². The van der Waals surface area contributed by atoms with Crippen molar-refractivity contribution in [2.24, 2.45) is 5.73 Å². The Hall–Kier alpha value is -2.71. The maximum Gasteiger partial charge on any atom is 0.239 e. The highest BCUT2D eigenvalue weighted by Crippen LogP contribution is 2.43. The largest absolute Gasteiger partial charge is 0.394 e. The average Bonchev–Trinajstić information content (AvgIpc) is 3.87. The molecule has 19 N–H and O–H groups in total. The van der Waals surface area contributed by atoms with E-state index in [9.17, 15) is 95.5 Å². The number of ketones is 1. The molecule has 33 nitrogen and oxygen atoms in total. The molecule has 7 fully saturated rings. The highest BCUT2D eigenvalue weighted by molar-refractivity contribution is 8.77. The van der Waals surface area contributed by atoms with Crippen LogP contribution >= 0.6 is 21.6 Å². The van der Waals surface area contributed by atoms with Crippen molar-refractivity contribution in [1.29, 1.82) is 0 Å². The fourth-order valence-corrected chi connectivity index (χ4v) is 13.4. The summed E-state index contributed by atoms with van der Waals surface area (Å²) in [6, 6.07) is -3.98. The molecule has 452 valence electrons. The van der Waals surface area contributed by atoms with Crippen LogP contribution in [0.4, 0.5) is 0 Å². The number of carbonyl (C=O) groups is 5. The number of fused-ring (bicyclic) bond motifs is 1. The Kier molecular flexibility index (Phi) is 22.5. The highest BCUT2D eigenvalue weighted by atomic mass is 33.1. The van der Waals surface area contributed by atoms with E-state index in [4.69, 9.17) is 48.4 Å². The molecule has 28 atom stereocenters. The van der Waals surface area contributed by atoms with E-state index in [1.807, 2.05) is 0 Å². The molecule has 0 spiro atoms. The Morgan fingerprint density at radius 1 is 0.570 bits per heavy atom. The van der Waals surface area contributed by atoms with Crippen molar-refractivity contribution in [3.63, 3.8) is 0 Å². The second-order valence-corrected chi connectivity index (χ2v) is 22.5. The molecule has 0 aromatic carbocycles. The molecule has 0 aromatic rings. The molecule has 7 aliphatic rings. The monoisotopic (exact) mass is 1180 g/mol. The number of nitrogens with two attached hydrogens (primary N) is 1. The van der Waals surface area contributed by atoms with Crippen molar-refractivity contribution >= 4 is 51.0 Å². The molecule has 12 unspecified atom stereocenters. The minimum absolute atomic E-state index is 0.274. The van der Waals surface area contributed by atoms with Gasteiger partial charge in [0.1, 0.15) is 122 Å². The van der Waals surface area contributed by atoms with Gasteiger partial charge in [0.2, 0.25) is 23.6 Å². The summed E-state index contributed by atoms with van der Waals surface area (Å²) in [5.41, 5.74) is 5.50. The molecular weight excluding hydrogens is 1110 g/mol. The highest BCUT2D eigenvalue weighted by Gasteiger charge is 2.57. The van der Waals surface area contributed by atoms with Crippen LogP contribution < -0.4 is 21.7 Å². The van der Waals surface area contributed by atoms with Crippen molar-refractivity contribution in [1.82, 2.24) is 20.9 Å². The minimum Gasteiger partial charge on any atom is -0.394 e. The summed E-state index contributed by atoms with van der Waals surface area (Å²) in [5.74, 6) is -3.46. The number of primary amides is 1. The van der Waals surface area contributed by atoms with Crippen LogP contribution in [0.1, 0.15) is 33.1 Å². The molecule has 7 rings (SSSR count). The Labute approximate surface area is 457 Å². The van der Waals surface area contributed by atoms with Gasteiger partial charge >= 0.3 is 0 Å². The number of aliphatic hydroxyl groups is 14. The second kappa shape index (κ2) is 27.8. The van der Waals surface area contributed by atoms with Gasteiger partial charge in [0.05, 0.1) is 50.9 Å².